The molecule has 0 saturated heterocycles. The van der Waals surface area contributed by atoms with Gasteiger partial charge in [0.05, 0.1) is 10.6 Å². The van der Waals surface area contributed by atoms with E-state index in [9.17, 15) is 14.4 Å². The first-order chi connectivity index (χ1) is 14.4. The SMILES string of the molecule is O=C(COC(=O)CNC(=O)c1ccc(Cl)cc1Cl)Nc1nnc(-c2ccccc2)o1. The highest BCUT2D eigenvalue weighted by atomic mass is 35.5. The van der Waals surface area contributed by atoms with Gasteiger partial charge in [-0.1, -0.05) is 46.5 Å². The van der Waals surface area contributed by atoms with E-state index in [-0.39, 0.29) is 22.5 Å². The standard InChI is InChI=1S/C19H14Cl2N4O5/c20-12-6-7-13(14(21)8-12)17(28)22-9-16(27)29-10-15(26)23-19-25-24-18(30-19)11-4-2-1-3-5-11/h1-8H,9-10H2,(H,22,28)(H,23,25,26). The molecular weight excluding hydrogens is 435 g/mol. The Balaban J connectivity index is 1.43. The number of aromatic nitrogens is 2. The predicted octanol–water partition coefficient (Wildman–Crippen LogP) is 2.96. The molecule has 11 heteroatoms. The van der Waals surface area contributed by atoms with Crippen molar-refractivity contribution in [3.8, 4) is 11.5 Å². The van der Waals surface area contributed by atoms with Gasteiger partial charge in [0, 0.05) is 10.6 Å². The number of nitrogens with one attached hydrogen (secondary N) is 2. The Kier molecular flexibility index (Phi) is 6.99. The topological polar surface area (TPSA) is 123 Å². The minimum Gasteiger partial charge on any atom is -0.454 e. The molecule has 0 radical (unpaired) electrons. The van der Waals surface area contributed by atoms with Gasteiger partial charge in [0.15, 0.2) is 6.61 Å². The van der Waals surface area contributed by atoms with Crippen LogP contribution in [-0.4, -0.2) is 41.1 Å². The van der Waals surface area contributed by atoms with Crippen LogP contribution in [0, 0.1) is 0 Å². The van der Waals surface area contributed by atoms with Crippen molar-refractivity contribution in [1.29, 1.82) is 0 Å². The molecule has 2 N–H and O–H groups in total. The van der Waals surface area contributed by atoms with Crippen molar-refractivity contribution in [2.75, 3.05) is 18.5 Å². The van der Waals surface area contributed by atoms with Crippen LogP contribution in [0.25, 0.3) is 11.5 Å². The third-order valence-electron chi connectivity index (χ3n) is 3.63. The first kappa shape index (κ1) is 21.3. The molecule has 0 saturated carbocycles. The van der Waals surface area contributed by atoms with E-state index in [4.69, 9.17) is 32.4 Å². The van der Waals surface area contributed by atoms with Crippen LogP contribution in [0.15, 0.2) is 52.9 Å². The first-order valence-electron chi connectivity index (χ1n) is 8.50. The van der Waals surface area contributed by atoms with Crippen molar-refractivity contribution in [3.05, 3.63) is 64.1 Å². The Morgan fingerprint density at radius 1 is 1.03 bits per heavy atom. The van der Waals surface area contributed by atoms with Gasteiger partial charge in [-0.3, -0.25) is 19.7 Å². The molecule has 1 heterocycles. The summed E-state index contributed by atoms with van der Waals surface area (Å²) in [5.74, 6) is -1.86. The number of rotatable bonds is 7. The van der Waals surface area contributed by atoms with Crippen LogP contribution in [0.1, 0.15) is 10.4 Å². The summed E-state index contributed by atoms with van der Waals surface area (Å²) in [6, 6.07) is 13.2. The summed E-state index contributed by atoms with van der Waals surface area (Å²) in [5, 5.41) is 12.7. The molecule has 0 unspecified atom stereocenters. The normalized spacial score (nSPS) is 10.3. The van der Waals surface area contributed by atoms with Gasteiger partial charge in [-0.05, 0) is 30.3 Å². The molecule has 3 rings (SSSR count). The molecule has 0 aliphatic heterocycles. The number of nitrogens with zero attached hydrogens (tertiary/aromatic N) is 2. The van der Waals surface area contributed by atoms with Gasteiger partial charge in [-0.15, -0.1) is 5.10 Å². The van der Waals surface area contributed by atoms with Crippen LogP contribution >= 0.6 is 23.2 Å². The van der Waals surface area contributed by atoms with Gasteiger partial charge in [0.2, 0.25) is 5.89 Å². The van der Waals surface area contributed by atoms with E-state index in [2.05, 4.69) is 20.8 Å². The van der Waals surface area contributed by atoms with E-state index >= 15 is 0 Å². The molecule has 9 nitrogen and oxygen atoms in total. The van der Waals surface area contributed by atoms with Crippen LogP contribution in [0.5, 0.6) is 0 Å². The van der Waals surface area contributed by atoms with Crippen molar-refractivity contribution < 1.29 is 23.5 Å². The van der Waals surface area contributed by atoms with Crippen LogP contribution in [0.4, 0.5) is 6.01 Å². The molecule has 0 atom stereocenters. The fraction of sp³-hybridized carbons (Fsp3) is 0.105. The number of carbonyl (C=O) groups excluding carboxylic acids is 3. The van der Waals surface area contributed by atoms with Crippen molar-refractivity contribution in [2.24, 2.45) is 0 Å². The second-order valence-electron chi connectivity index (χ2n) is 5.79. The average molecular weight is 449 g/mol. The maximum atomic E-state index is 12.0. The fourth-order valence-electron chi connectivity index (χ4n) is 2.24. The van der Waals surface area contributed by atoms with Gasteiger partial charge >= 0.3 is 12.0 Å². The molecule has 3 aromatic rings. The Morgan fingerprint density at radius 2 is 1.80 bits per heavy atom. The first-order valence-corrected chi connectivity index (χ1v) is 9.25. The average Bonchev–Trinajstić information content (AvgIpc) is 3.19. The van der Waals surface area contributed by atoms with E-state index in [1.807, 2.05) is 6.07 Å². The van der Waals surface area contributed by atoms with E-state index in [0.717, 1.165) is 0 Å². The molecule has 2 amide bonds. The van der Waals surface area contributed by atoms with E-state index in [1.165, 1.54) is 18.2 Å². The van der Waals surface area contributed by atoms with Crippen LogP contribution in [0.2, 0.25) is 10.0 Å². The summed E-state index contributed by atoms with van der Waals surface area (Å²) in [5.41, 5.74) is 0.839. The summed E-state index contributed by atoms with van der Waals surface area (Å²) in [7, 11) is 0. The molecule has 0 fully saturated rings. The van der Waals surface area contributed by atoms with Gasteiger partial charge in [-0.2, -0.15) is 0 Å². The molecule has 0 aliphatic carbocycles. The lowest BCUT2D eigenvalue weighted by molar-refractivity contribution is -0.146. The number of hydrogen-bond acceptors (Lipinski definition) is 7. The van der Waals surface area contributed by atoms with Crippen LogP contribution in [0.3, 0.4) is 0 Å². The molecule has 0 aliphatic rings. The highest BCUT2D eigenvalue weighted by Crippen LogP contribution is 2.21. The fourth-order valence-corrected chi connectivity index (χ4v) is 2.74. The largest absolute Gasteiger partial charge is 0.454 e. The molecular formula is C19H14Cl2N4O5. The summed E-state index contributed by atoms with van der Waals surface area (Å²) < 4.78 is 10.1. The highest BCUT2D eigenvalue weighted by molar-refractivity contribution is 6.36. The second kappa shape index (κ2) is 9.86. The van der Waals surface area contributed by atoms with Gasteiger partial charge < -0.3 is 14.5 Å². The molecule has 0 spiro atoms. The highest BCUT2D eigenvalue weighted by Gasteiger charge is 2.15. The quantitative estimate of drug-likeness (QED) is 0.532. The number of benzene rings is 2. The maximum absolute atomic E-state index is 12.0. The Hall–Kier alpha value is -3.43. The van der Waals surface area contributed by atoms with E-state index in [0.29, 0.717) is 10.6 Å². The molecule has 154 valence electrons. The van der Waals surface area contributed by atoms with Crippen molar-refractivity contribution in [1.82, 2.24) is 15.5 Å². The number of halogens is 2. The zero-order valence-corrected chi connectivity index (χ0v) is 16.7. The Labute approximate surface area is 180 Å². The predicted molar refractivity (Wildman–Crippen MR) is 108 cm³/mol. The number of carbonyl (C=O) groups is 3. The molecule has 2 aromatic carbocycles. The summed E-state index contributed by atoms with van der Waals surface area (Å²) >= 11 is 11.7. The number of hydrogen-bond donors (Lipinski definition) is 2. The number of amides is 2. The lowest BCUT2D eigenvalue weighted by Gasteiger charge is -2.07. The minimum absolute atomic E-state index is 0.138. The Morgan fingerprint density at radius 3 is 2.53 bits per heavy atom. The van der Waals surface area contributed by atoms with Gasteiger partial charge in [0.25, 0.3) is 11.8 Å². The third-order valence-corrected chi connectivity index (χ3v) is 4.17. The smallest absolute Gasteiger partial charge is 0.325 e. The molecule has 30 heavy (non-hydrogen) atoms. The van der Waals surface area contributed by atoms with Gasteiger partial charge in [0.1, 0.15) is 6.54 Å². The van der Waals surface area contributed by atoms with Crippen molar-refractivity contribution >= 4 is 47.0 Å². The molecule has 1 aromatic heterocycles. The zero-order chi connectivity index (χ0) is 21.5. The lowest BCUT2D eigenvalue weighted by Crippen LogP contribution is -2.32. The maximum Gasteiger partial charge on any atom is 0.325 e. The second-order valence-corrected chi connectivity index (χ2v) is 6.64. The van der Waals surface area contributed by atoms with Crippen LogP contribution in [-0.2, 0) is 14.3 Å². The van der Waals surface area contributed by atoms with E-state index < -0.39 is 30.9 Å². The third kappa shape index (κ3) is 5.79. The van der Waals surface area contributed by atoms with Crippen molar-refractivity contribution in [2.45, 2.75) is 0 Å². The number of esters is 1. The number of anilines is 1. The molecule has 0 bridgehead atoms. The van der Waals surface area contributed by atoms with Crippen molar-refractivity contribution in [3.63, 3.8) is 0 Å². The number of ether oxygens (including phenoxy) is 1. The Bertz CT molecular complexity index is 1070. The summed E-state index contributed by atoms with van der Waals surface area (Å²) in [6.07, 6.45) is 0. The minimum atomic E-state index is -0.820. The van der Waals surface area contributed by atoms with E-state index in [1.54, 1.807) is 24.3 Å². The monoisotopic (exact) mass is 448 g/mol. The summed E-state index contributed by atoms with van der Waals surface area (Å²) in [6.45, 7) is -1.05. The lowest BCUT2D eigenvalue weighted by atomic mass is 10.2. The summed E-state index contributed by atoms with van der Waals surface area (Å²) in [4.78, 5) is 35.6. The zero-order valence-electron chi connectivity index (χ0n) is 15.2. The van der Waals surface area contributed by atoms with Crippen LogP contribution < -0.4 is 10.6 Å². The van der Waals surface area contributed by atoms with Gasteiger partial charge in [-0.25, -0.2) is 0 Å².